The summed E-state index contributed by atoms with van der Waals surface area (Å²) < 4.78 is 0.920. The second-order valence-corrected chi connectivity index (χ2v) is 5.83. The molecule has 0 unspecified atom stereocenters. The predicted molar refractivity (Wildman–Crippen MR) is 90.0 cm³/mol. The molecule has 0 nitrogen and oxygen atoms in total. The fourth-order valence-electron chi connectivity index (χ4n) is 2.16. The lowest BCUT2D eigenvalue weighted by Gasteiger charge is -2.06. The van der Waals surface area contributed by atoms with Gasteiger partial charge < -0.3 is 0 Å². The number of rotatable bonds is 2. The summed E-state index contributed by atoms with van der Waals surface area (Å²) in [5.41, 5.74) is 4.74. The van der Waals surface area contributed by atoms with Crippen molar-refractivity contribution in [2.75, 3.05) is 0 Å². The van der Waals surface area contributed by atoms with Crippen molar-refractivity contribution in [3.63, 3.8) is 0 Å². The van der Waals surface area contributed by atoms with E-state index in [1.165, 1.54) is 16.7 Å². The van der Waals surface area contributed by atoms with Gasteiger partial charge in [0.25, 0.3) is 0 Å². The van der Waals surface area contributed by atoms with Gasteiger partial charge in [0.2, 0.25) is 0 Å². The maximum Gasteiger partial charge on any atom is 0.0554 e. The van der Waals surface area contributed by atoms with Crippen LogP contribution in [-0.2, 0) is 0 Å². The van der Waals surface area contributed by atoms with Crippen LogP contribution in [0.3, 0.4) is 0 Å². The number of halogens is 2. The Hall–Kier alpha value is -1.57. The minimum atomic E-state index is 0.731. The highest BCUT2D eigenvalue weighted by Gasteiger charge is 2.02. The first-order valence-corrected chi connectivity index (χ1v) is 7.52. The molecule has 2 heteroatoms. The Morgan fingerprint density at radius 1 is 0.600 bits per heavy atom. The average Bonchev–Trinajstić information content (AvgIpc) is 2.51. The molecule has 0 N–H and O–H groups in total. The van der Waals surface area contributed by atoms with Crippen LogP contribution in [-0.4, -0.2) is 0 Å². The van der Waals surface area contributed by atoms with Crippen LogP contribution in [0.25, 0.3) is 22.3 Å². The molecule has 98 valence electrons. The fourth-order valence-corrected chi connectivity index (χ4v) is 2.59. The Kier molecular flexibility index (Phi) is 3.90. The minimum absolute atomic E-state index is 0.731. The van der Waals surface area contributed by atoms with E-state index in [1.54, 1.807) is 0 Å². The third-order valence-electron chi connectivity index (χ3n) is 3.24. The Balaban J connectivity index is 1.95. The van der Waals surface area contributed by atoms with Crippen molar-refractivity contribution in [3.05, 3.63) is 82.3 Å². The molecular weight excluding hydrogens is 332 g/mol. The van der Waals surface area contributed by atoms with Gasteiger partial charge in [-0.25, -0.2) is 0 Å². The van der Waals surface area contributed by atoms with Gasteiger partial charge in [-0.15, -0.1) is 0 Å². The third kappa shape index (κ3) is 2.79. The van der Waals surface area contributed by atoms with Crippen molar-refractivity contribution < 1.29 is 0 Å². The largest absolute Gasteiger partial charge is 0.0831 e. The first-order chi connectivity index (χ1) is 9.74. The Morgan fingerprint density at radius 2 is 1.10 bits per heavy atom. The van der Waals surface area contributed by atoms with E-state index in [4.69, 9.17) is 11.6 Å². The zero-order valence-electron chi connectivity index (χ0n) is 10.7. The number of hydrogen-bond donors (Lipinski definition) is 0. The molecule has 3 rings (SSSR count). The quantitative estimate of drug-likeness (QED) is 0.502. The Bertz CT molecular complexity index is 718. The van der Waals surface area contributed by atoms with Gasteiger partial charge in [-0.05, 0) is 50.3 Å². The van der Waals surface area contributed by atoms with E-state index in [-0.39, 0.29) is 0 Å². The molecule has 0 radical (unpaired) electrons. The molecular formula is C18H12BrCl. The molecule has 20 heavy (non-hydrogen) atoms. The van der Waals surface area contributed by atoms with E-state index < -0.39 is 0 Å². The highest BCUT2D eigenvalue weighted by molar-refractivity contribution is 9.10. The molecule has 0 saturated carbocycles. The zero-order chi connectivity index (χ0) is 13.9. The summed E-state index contributed by atoms with van der Waals surface area (Å²) in [6.07, 6.45) is 0. The molecule has 0 spiro atoms. The minimum Gasteiger partial charge on any atom is -0.0831 e. The standard InChI is InChI=1S/C18H12BrCl/c19-17-11-10-16(12-18(17)20)15-8-6-14(7-9-15)13-4-2-1-3-5-13/h1-12H. The summed E-state index contributed by atoms with van der Waals surface area (Å²) in [6.45, 7) is 0. The topological polar surface area (TPSA) is 0 Å². The summed E-state index contributed by atoms with van der Waals surface area (Å²) in [4.78, 5) is 0. The maximum atomic E-state index is 6.14. The average molecular weight is 344 g/mol. The lowest BCUT2D eigenvalue weighted by atomic mass is 10.0. The molecule has 0 atom stereocenters. The van der Waals surface area contributed by atoms with Gasteiger partial charge in [-0.2, -0.15) is 0 Å². The molecule has 0 aliphatic rings. The van der Waals surface area contributed by atoms with Crippen LogP contribution in [0.4, 0.5) is 0 Å². The second-order valence-electron chi connectivity index (χ2n) is 4.57. The SMILES string of the molecule is Clc1cc(-c2ccc(-c3ccccc3)cc2)ccc1Br. The lowest BCUT2D eigenvalue weighted by molar-refractivity contribution is 1.57. The predicted octanol–water partition coefficient (Wildman–Crippen LogP) is 6.44. The second kappa shape index (κ2) is 5.82. The van der Waals surface area contributed by atoms with E-state index in [9.17, 15) is 0 Å². The van der Waals surface area contributed by atoms with Gasteiger partial charge in [0.15, 0.2) is 0 Å². The van der Waals surface area contributed by atoms with E-state index >= 15 is 0 Å². The molecule has 3 aromatic carbocycles. The van der Waals surface area contributed by atoms with Gasteiger partial charge in [0.1, 0.15) is 0 Å². The molecule has 0 aromatic heterocycles. The van der Waals surface area contributed by atoms with Crippen LogP contribution in [0.5, 0.6) is 0 Å². The van der Waals surface area contributed by atoms with Crippen LogP contribution >= 0.6 is 27.5 Å². The first kappa shape index (κ1) is 13.4. The van der Waals surface area contributed by atoms with Crippen molar-refractivity contribution in [2.24, 2.45) is 0 Å². The van der Waals surface area contributed by atoms with E-state index in [0.717, 1.165) is 15.1 Å². The lowest BCUT2D eigenvalue weighted by Crippen LogP contribution is -1.81. The van der Waals surface area contributed by atoms with E-state index in [0.29, 0.717) is 0 Å². The third-order valence-corrected chi connectivity index (χ3v) is 4.48. The zero-order valence-corrected chi connectivity index (χ0v) is 13.0. The van der Waals surface area contributed by atoms with Crippen molar-refractivity contribution in [1.82, 2.24) is 0 Å². The molecule has 0 heterocycles. The van der Waals surface area contributed by atoms with Crippen molar-refractivity contribution in [3.8, 4) is 22.3 Å². The van der Waals surface area contributed by atoms with Crippen molar-refractivity contribution in [2.45, 2.75) is 0 Å². The van der Waals surface area contributed by atoms with Crippen molar-refractivity contribution in [1.29, 1.82) is 0 Å². The van der Waals surface area contributed by atoms with Crippen LogP contribution in [0.1, 0.15) is 0 Å². The molecule has 0 fully saturated rings. The van der Waals surface area contributed by atoms with Gasteiger partial charge in [0, 0.05) is 4.47 Å². The van der Waals surface area contributed by atoms with Crippen LogP contribution in [0.15, 0.2) is 77.3 Å². The first-order valence-electron chi connectivity index (χ1n) is 6.35. The molecule has 0 aliphatic carbocycles. The van der Waals surface area contributed by atoms with Crippen molar-refractivity contribution >= 4 is 27.5 Å². The Labute approximate surface area is 132 Å². The highest BCUT2D eigenvalue weighted by Crippen LogP contribution is 2.30. The highest BCUT2D eigenvalue weighted by atomic mass is 79.9. The van der Waals surface area contributed by atoms with Gasteiger partial charge in [-0.3, -0.25) is 0 Å². The fraction of sp³-hybridized carbons (Fsp3) is 0. The van der Waals surface area contributed by atoms with E-state index in [1.807, 2.05) is 18.2 Å². The van der Waals surface area contributed by atoms with Crippen LogP contribution in [0.2, 0.25) is 5.02 Å². The molecule has 0 amide bonds. The molecule has 0 saturated heterocycles. The number of benzene rings is 3. The monoisotopic (exact) mass is 342 g/mol. The summed E-state index contributed by atoms with van der Waals surface area (Å²) in [7, 11) is 0. The van der Waals surface area contributed by atoms with Crippen LogP contribution in [0, 0.1) is 0 Å². The van der Waals surface area contributed by atoms with E-state index in [2.05, 4.69) is 70.5 Å². The normalized spacial score (nSPS) is 10.5. The number of hydrogen-bond acceptors (Lipinski definition) is 0. The summed E-state index contributed by atoms with van der Waals surface area (Å²) in [5.74, 6) is 0. The molecule has 3 aromatic rings. The van der Waals surface area contributed by atoms with Gasteiger partial charge in [0.05, 0.1) is 5.02 Å². The molecule has 0 bridgehead atoms. The van der Waals surface area contributed by atoms with Gasteiger partial charge in [-0.1, -0.05) is 72.3 Å². The summed E-state index contributed by atoms with van der Waals surface area (Å²) in [5, 5.41) is 0.731. The summed E-state index contributed by atoms with van der Waals surface area (Å²) >= 11 is 9.56. The molecule has 0 aliphatic heterocycles. The Morgan fingerprint density at radius 3 is 1.70 bits per heavy atom. The smallest absolute Gasteiger partial charge is 0.0554 e. The van der Waals surface area contributed by atoms with Crippen LogP contribution < -0.4 is 0 Å². The van der Waals surface area contributed by atoms with Gasteiger partial charge >= 0.3 is 0 Å². The summed E-state index contributed by atoms with van der Waals surface area (Å²) in [6, 6.07) is 24.9. The maximum absolute atomic E-state index is 6.14.